The smallest absolute Gasteiger partial charge is 0.136 e. The molecular formula is C29H42O4. The molecule has 4 heteroatoms. The van der Waals surface area contributed by atoms with E-state index in [1.54, 1.807) is 13.0 Å². The lowest BCUT2D eigenvalue weighted by molar-refractivity contribution is -0.118. The van der Waals surface area contributed by atoms with Gasteiger partial charge in [-0.25, -0.2) is 0 Å². The summed E-state index contributed by atoms with van der Waals surface area (Å²) in [6.45, 7) is 14.1. The van der Waals surface area contributed by atoms with Gasteiger partial charge >= 0.3 is 0 Å². The minimum absolute atomic E-state index is 0.0363. The van der Waals surface area contributed by atoms with Crippen molar-refractivity contribution in [1.82, 2.24) is 0 Å². The first-order chi connectivity index (χ1) is 16.1. The molecule has 1 atom stereocenters. The van der Waals surface area contributed by atoms with E-state index in [0.29, 0.717) is 25.2 Å². The number of ketones is 1. The molecule has 1 N–H and O–H groups in total. The van der Waals surface area contributed by atoms with Crippen LogP contribution in [-0.2, 0) is 9.59 Å². The average molecular weight is 455 g/mol. The maximum absolute atomic E-state index is 10.7. The summed E-state index contributed by atoms with van der Waals surface area (Å²) in [5.41, 5.74) is 3.54. The Morgan fingerprint density at radius 2 is 1.85 bits per heavy atom. The number of hydrogen-bond donors (Lipinski definition) is 1. The number of aldehydes is 1. The second-order valence-corrected chi connectivity index (χ2v) is 6.73. The monoisotopic (exact) mass is 454 g/mol. The van der Waals surface area contributed by atoms with Crippen LogP contribution in [0.1, 0.15) is 78.2 Å². The van der Waals surface area contributed by atoms with Crippen molar-refractivity contribution >= 4 is 12.1 Å². The van der Waals surface area contributed by atoms with Crippen molar-refractivity contribution in [2.75, 3.05) is 13.7 Å². The fourth-order valence-corrected chi connectivity index (χ4v) is 2.86. The van der Waals surface area contributed by atoms with Gasteiger partial charge in [-0.1, -0.05) is 69.2 Å². The Labute approximate surface area is 201 Å². The van der Waals surface area contributed by atoms with Crippen LogP contribution >= 0.6 is 0 Å². The molecule has 0 aliphatic heterocycles. The average Bonchev–Trinajstić information content (AvgIpc) is 2.88. The molecule has 0 saturated heterocycles. The molecule has 0 radical (unpaired) electrons. The summed E-state index contributed by atoms with van der Waals surface area (Å²) in [5, 5.41) is 7.00. The number of ether oxygens (including phenoxy) is 1. The molecule has 1 aliphatic carbocycles. The molecule has 2 rings (SSSR count). The molecule has 0 saturated carbocycles. The second-order valence-electron chi connectivity index (χ2n) is 6.73. The summed E-state index contributed by atoms with van der Waals surface area (Å²) < 4.78 is 5.66. The molecule has 33 heavy (non-hydrogen) atoms. The highest BCUT2D eigenvalue weighted by atomic mass is 16.5. The molecule has 0 fully saturated rings. The van der Waals surface area contributed by atoms with Crippen molar-refractivity contribution in [3.63, 3.8) is 0 Å². The fourth-order valence-electron chi connectivity index (χ4n) is 2.86. The van der Waals surface area contributed by atoms with Crippen LogP contribution in [0.5, 0.6) is 5.75 Å². The van der Waals surface area contributed by atoms with Gasteiger partial charge in [0, 0.05) is 26.4 Å². The van der Waals surface area contributed by atoms with Crippen LogP contribution in [0.2, 0.25) is 0 Å². The lowest BCUT2D eigenvalue weighted by atomic mass is 9.97. The van der Waals surface area contributed by atoms with Gasteiger partial charge in [0.15, 0.2) is 0 Å². The van der Waals surface area contributed by atoms with Gasteiger partial charge in [0.05, 0.1) is 5.92 Å². The van der Waals surface area contributed by atoms with E-state index in [0.717, 1.165) is 49.5 Å². The van der Waals surface area contributed by atoms with Crippen molar-refractivity contribution in [2.24, 2.45) is 0 Å². The quantitative estimate of drug-likeness (QED) is 0.208. The molecule has 0 aromatic heterocycles. The highest BCUT2D eigenvalue weighted by Gasteiger charge is 2.08. The van der Waals surface area contributed by atoms with Crippen molar-refractivity contribution in [3.05, 3.63) is 65.8 Å². The third kappa shape index (κ3) is 14.7. The van der Waals surface area contributed by atoms with Crippen molar-refractivity contribution in [2.45, 2.75) is 72.6 Å². The van der Waals surface area contributed by atoms with Gasteiger partial charge in [-0.2, -0.15) is 0 Å². The van der Waals surface area contributed by atoms with Crippen LogP contribution in [0.4, 0.5) is 0 Å². The summed E-state index contributed by atoms with van der Waals surface area (Å²) >= 11 is 0. The lowest BCUT2D eigenvalue weighted by Crippen LogP contribution is -2.02. The van der Waals surface area contributed by atoms with Gasteiger partial charge in [0.25, 0.3) is 0 Å². The summed E-state index contributed by atoms with van der Waals surface area (Å²) in [5.74, 6) is 7.06. The van der Waals surface area contributed by atoms with Crippen molar-refractivity contribution in [3.8, 4) is 17.6 Å². The first-order valence-electron chi connectivity index (χ1n) is 11.6. The number of aliphatic hydroxyl groups is 1. The van der Waals surface area contributed by atoms with Crippen molar-refractivity contribution in [1.29, 1.82) is 0 Å². The number of rotatable bonds is 8. The van der Waals surface area contributed by atoms with Gasteiger partial charge in [0.2, 0.25) is 0 Å². The SMILES string of the molecule is C=C/C(=C\C)COc1ccc(C(C#CC)CC=O)cc1.CC.CCC1=CCC(=O)CC1.CO. The van der Waals surface area contributed by atoms with E-state index < -0.39 is 0 Å². The molecule has 0 bridgehead atoms. The maximum Gasteiger partial charge on any atom is 0.136 e. The number of carbonyl (C=O) groups is 2. The Morgan fingerprint density at radius 3 is 2.27 bits per heavy atom. The predicted molar refractivity (Wildman–Crippen MR) is 139 cm³/mol. The Kier molecular flexibility index (Phi) is 21.8. The maximum atomic E-state index is 10.7. The van der Waals surface area contributed by atoms with Gasteiger partial charge in [0.1, 0.15) is 24.4 Å². The molecule has 1 aromatic carbocycles. The molecule has 182 valence electrons. The molecule has 1 unspecified atom stereocenters. The molecule has 0 heterocycles. The van der Waals surface area contributed by atoms with Crippen LogP contribution in [0.25, 0.3) is 0 Å². The lowest BCUT2D eigenvalue weighted by Gasteiger charge is -2.10. The minimum atomic E-state index is -0.0363. The predicted octanol–water partition coefficient (Wildman–Crippen LogP) is 6.60. The summed E-state index contributed by atoms with van der Waals surface area (Å²) in [6.07, 6.45) is 10.7. The van der Waals surface area contributed by atoms with Crippen LogP contribution in [0, 0.1) is 11.8 Å². The molecule has 0 amide bonds. The molecule has 0 spiro atoms. The number of allylic oxidation sites excluding steroid dienone is 3. The summed E-state index contributed by atoms with van der Waals surface area (Å²) in [4.78, 5) is 21.3. The van der Waals surface area contributed by atoms with E-state index >= 15 is 0 Å². The first-order valence-corrected chi connectivity index (χ1v) is 11.6. The third-order valence-corrected chi connectivity index (χ3v) is 4.77. The zero-order chi connectivity index (χ0) is 25.5. The number of Topliss-reactive ketones (excluding diaryl/α,β-unsaturated/α-hetero) is 1. The fraction of sp³-hybridized carbons (Fsp3) is 0.448. The van der Waals surface area contributed by atoms with Crippen molar-refractivity contribution < 1.29 is 19.4 Å². The van der Waals surface area contributed by atoms with Crippen LogP contribution in [0.15, 0.2) is 60.2 Å². The Morgan fingerprint density at radius 1 is 1.21 bits per heavy atom. The van der Waals surface area contributed by atoms with Gasteiger partial charge in [-0.3, -0.25) is 4.79 Å². The van der Waals surface area contributed by atoms with E-state index in [2.05, 4.69) is 31.4 Å². The Hall–Kier alpha value is -2.90. The van der Waals surface area contributed by atoms with Crippen LogP contribution in [-0.4, -0.2) is 30.9 Å². The van der Waals surface area contributed by atoms with Gasteiger partial charge < -0.3 is 14.6 Å². The van der Waals surface area contributed by atoms with E-state index in [-0.39, 0.29) is 5.92 Å². The molecule has 1 aromatic rings. The van der Waals surface area contributed by atoms with E-state index in [9.17, 15) is 9.59 Å². The van der Waals surface area contributed by atoms with Gasteiger partial charge in [-0.05, 0) is 50.0 Å². The molecule has 1 aliphatic rings. The van der Waals surface area contributed by atoms with Crippen LogP contribution < -0.4 is 4.74 Å². The zero-order valence-electron chi connectivity index (χ0n) is 21.3. The van der Waals surface area contributed by atoms with E-state index in [1.807, 2.05) is 51.1 Å². The number of carbonyl (C=O) groups excluding carboxylic acids is 2. The summed E-state index contributed by atoms with van der Waals surface area (Å²) in [7, 11) is 1.00. The standard InChI is InChI=1S/C18H20O2.C8H12O.C2H6.CH4O/c1-4-7-16(12-13-19)17-8-10-18(11-9-17)20-14-15(5-2)6-3;1-2-7-3-5-8(9)6-4-7;2*1-2/h5-6,8-11,13,16H,2,12,14H2,1,3H3;3H,2,4-6H2,1H3;1-2H3;2H,1H3/b15-6+;;;. The highest BCUT2D eigenvalue weighted by molar-refractivity contribution is 5.81. The topological polar surface area (TPSA) is 63.6 Å². The minimum Gasteiger partial charge on any atom is -0.489 e. The van der Waals surface area contributed by atoms with E-state index in [4.69, 9.17) is 9.84 Å². The van der Waals surface area contributed by atoms with E-state index in [1.165, 1.54) is 5.57 Å². The second kappa shape index (κ2) is 22.3. The zero-order valence-corrected chi connectivity index (χ0v) is 21.3. The Balaban J connectivity index is 0. The number of hydrogen-bond acceptors (Lipinski definition) is 4. The van der Waals surface area contributed by atoms with Gasteiger partial charge in [-0.15, -0.1) is 5.92 Å². The number of aliphatic hydroxyl groups excluding tert-OH is 1. The number of benzene rings is 1. The Bertz CT molecular complexity index is 789. The molecule has 4 nitrogen and oxygen atoms in total. The molecular weight excluding hydrogens is 412 g/mol. The third-order valence-electron chi connectivity index (χ3n) is 4.77. The largest absolute Gasteiger partial charge is 0.489 e. The first kappa shape index (κ1) is 32.3. The highest BCUT2D eigenvalue weighted by Crippen LogP contribution is 2.21. The summed E-state index contributed by atoms with van der Waals surface area (Å²) in [6, 6.07) is 7.72. The normalized spacial score (nSPS) is 13.0. The van der Waals surface area contributed by atoms with Crippen LogP contribution in [0.3, 0.4) is 0 Å².